The lowest BCUT2D eigenvalue weighted by molar-refractivity contribution is -0.384. The van der Waals surface area contributed by atoms with Crippen molar-refractivity contribution >= 4 is 41.0 Å². The quantitative estimate of drug-likeness (QED) is 0.346. The van der Waals surface area contributed by atoms with Gasteiger partial charge in [0.2, 0.25) is 5.91 Å². The summed E-state index contributed by atoms with van der Waals surface area (Å²) < 4.78 is 5.60. The van der Waals surface area contributed by atoms with E-state index in [0.29, 0.717) is 28.3 Å². The smallest absolute Gasteiger partial charge is 0.271 e. The molecule has 1 heterocycles. The van der Waals surface area contributed by atoms with Gasteiger partial charge in [0.05, 0.1) is 16.2 Å². The molecule has 3 aromatic rings. The Bertz CT molecular complexity index is 1160. The van der Waals surface area contributed by atoms with E-state index in [4.69, 9.17) is 16.0 Å². The van der Waals surface area contributed by atoms with Crippen molar-refractivity contribution < 1.29 is 18.9 Å². The van der Waals surface area contributed by atoms with Crippen LogP contribution in [-0.2, 0) is 4.79 Å². The van der Waals surface area contributed by atoms with E-state index in [1.165, 1.54) is 37.4 Å². The third-order valence-corrected chi connectivity index (χ3v) is 4.17. The fourth-order valence-corrected chi connectivity index (χ4v) is 2.81. The standard InChI is InChI=1S/C20H15ClN4O5/c1-12(26)23-14-4-2-3-13(9-14)20(27)24-22-11-16-6-8-19(30-16)17-7-5-15(25(28)29)10-18(17)21/h2-11H,1H3,(H,23,26)(H,24,27). The Kier molecular flexibility index (Phi) is 6.23. The number of anilines is 1. The molecule has 0 unspecified atom stereocenters. The first kappa shape index (κ1) is 20.7. The summed E-state index contributed by atoms with van der Waals surface area (Å²) in [4.78, 5) is 33.6. The third-order valence-electron chi connectivity index (χ3n) is 3.86. The fourth-order valence-electron chi connectivity index (χ4n) is 2.54. The Morgan fingerprint density at radius 2 is 1.97 bits per heavy atom. The number of nitro groups is 1. The second kappa shape index (κ2) is 9.01. The van der Waals surface area contributed by atoms with Crippen molar-refractivity contribution in [1.82, 2.24) is 5.43 Å². The van der Waals surface area contributed by atoms with Crippen LogP contribution in [0.4, 0.5) is 11.4 Å². The molecule has 152 valence electrons. The van der Waals surface area contributed by atoms with Gasteiger partial charge in [0.15, 0.2) is 0 Å². The number of hydrogen-bond donors (Lipinski definition) is 2. The second-order valence-electron chi connectivity index (χ2n) is 6.08. The van der Waals surface area contributed by atoms with Crippen LogP contribution in [0.25, 0.3) is 11.3 Å². The molecule has 0 radical (unpaired) electrons. The topological polar surface area (TPSA) is 127 Å². The maximum absolute atomic E-state index is 12.2. The van der Waals surface area contributed by atoms with Gasteiger partial charge in [0.25, 0.3) is 11.6 Å². The normalized spacial score (nSPS) is 10.7. The number of benzene rings is 2. The molecule has 9 nitrogen and oxygen atoms in total. The van der Waals surface area contributed by atoms with Gasteiger partial charge in [0.1, 0.15) is 11.5 Å². The van der Waals surface area contributed by atoms with Gasteiger partial charge in [-0.05, 0) is 36.4 Å². The molecule has 0 aliphatic rings. The molecule has 10 heteroatoms. The molecule has 0 fully saturated rings. The van der Waals surface area contributed by atoms with Crippen LogP contribution in [0, 0.1) is 10.1 Å². The van der Waals surface area contributed by atoms with E-state index in [-0.39, 0.29) is 16.6 Å². The molecule has 2 aromatic carbocycles. The van der Waals surface area contributed by atoms with Crippen LogP contribution in [0.15, 0.2) is 64.1 Å². The highest BCUT2D eigenvalue weighted by Crippen LogP contribution is 2.32. The summed E-state index contributed by atoms with van der Waals surface area (Å²) in [5.74, 6) is 0.0216. The second-order valence-corrected chi connectivity index (χ2v) is 6.49. The van der Waals surface area contributed by atoms with E-state index in [9.17, 15) is 19.7 Å². The largest absolute Gasteiger partial charge is 0.455 e. The molecule has 30 heavy (non-hydrogen) atoms. The third kappa shape index (κ3) is 5.09. The molecular weight excluding hydrogens is 412 g/mol. The Balaban J connectivity index is 1.67. The molecule has 1 aromatic heterocycles. The number of amides is 2. The number of carbonyl (C=O) groups is 2. The Morgan fingerprint density at radius 1 is 1.17 bits per heavy atom. The van der Waals surface area contributed by atoms with Crippen LogP contribution < -0.4 is 10.7 Å². The monoisotopic (exact) mass is 426 g/mol. The zero-order valence-electron chi connectivity index (χ0n) is 15.6. The van der Waals surface area contributed by atoms with Gasteiger partial charge in [-0.15, -0.1) is 0 Å². The summed E-state index contributed by atoms with van der Waals surface area (Å²) in [6, 6.07) is 13.7. The SMILES string of the molecule is CC(=O)Nc1cccc(C(=O)NN=Cc2ccc(-c3ccc([N+](=O)[O-])cc3Cl)o2)c1. The number of nitro benzene ring substituents is 1. The summed E-state index contributed by atoms with van der Waals surface area (Å²) in [6.07, 6.45) is 1.30. The van der Waals surface area contributed by atoms with Gasteiger partial charge >= 0.3 is 0 Å². The molecule has 0 aliphatic carbocycles. The number of nitrogens with one attached hydrogen (secondary N) is 2. The van der Waals surface area contributed by atoms with Gasteiger partial charge in [-0.2, -0.15) is 5.10 Å². The number of halogens is 1. The minimum Gasteiger partial charge on any atom is -0.455 e. The van der Waals surface area contributed by atoms with Crippen molar-refractivity contribution in [3.63, 3.8) is 0 Å². The maximum atomic E-state index is 12.2. The average Bonchev–Trinajstić information content (AvgIpc) is 3.16. The number of furan rings is 1. The van der Waals surface area contributed by atoms with E-state index in [1.807, 2.05) is 0 Å². The maximum Gasteiger partial charge on any atom is 0.271 e. The van der Waals surface area contributed by atoms with E-state index in [0.717, 1.165) is 0 Å². The lowest BCUT2D eigenvalue weighted by atomic mass is 10.1. The summed E-state index contributed by atoms with van der Waals surface area (Å²) >= 11 is 6.09. The molecule has 0 spiro atoms. The highest BCUT2D eigenvalue weighted by molar-refractivity contribution is 6.33. The zero-order valence-corrected chi connectivity index (χ0v) is 16.3. The molecule has 0 atom stereocenters. The van der Waals surface area contributed by atoms with Crippen molar-refractivity contribution in [2.75, 3.05) is 5.32 Å². The Morgan fingerprint density at radius 3 is 2.67 bits per heavy atom. The van der Waals surface area contributed by atoms with Gasteiger partial charge in [-0.25, -0.2) is 5.43 Å². The summed E-state index contributed by atoms with van der Waals surface area (Å²) in [5.41, 5.74) is 3.54. The minimum atomic E-state index is -0.537. The van der Waals surface area contributed by atoms with Crippen molar-refractivity contribution in [3.8, 4) is 11.3 Å². The van der Waals surface area contributed by atoms with Gasteiger partial charge < -0.3 is 9.73 Å². The number of nitrogens with zero attached hydrogens (tertiary/aromatic N) is 2. The van der Waals surface area contributed by atoms with Crippen LogP contribution in [0.2, 0.25) is 5.02 Å². The fraction of sp³-hybridized carbons (Fsp3) is 0.0500. The molecular formula is C20H15ClN4O5. The predicted molar refractivity (Wildman–Crippen MR) is 112 cm³/mol. The lowest BCUT2D eigenvalue weighted by Crippen LogP contribution is -2.18. The minimum absolute atomic E-state index is 0.123. The summed E-state index contributed by atoms with van der Waals surface area (Å²) in [5, 5.41) is 17.4. The van der Waals surface area contributed by atoms with Crippen LogP contribution in [0.1, 0.15) is 23.0 Å². The number of non-ortho nitro benzene ring substituents is 1. The van der Waals surface area contributed by atoms with Gasteiger partial charge in [-0.1, -0.05) is 17.7 Å². The molecule has 0 aliphatic heterocycles. The number of hydrogen-bond acceptors (Lipinski definition) is 6. The lowest BCUT2D eigenvalue weighted by Gasteiger charge is -2.04. The van der Waals surface area contributed by atoms with Crippen LogP contribution in [0.3, 0.4) is 0 Å². The summed E-state index contributed by atoms with van der Waals surface area (Å²) in [6.45, 7) is 1.37. The molecule has 0 bridgehead atoms. The van der Waals surface area contributed by atoms with E-state index in [2.05, 4.69) is 15.8 Å². The van der Waals surface area contributed by atoms with Crippen molar-refractivity contribution in [2.24, 2.45) is 5.10 Å². The van der Waals surface area contributed by atoms with Crippen LogP contribution in [-0.4, -0.2) is 23.0 Å². The van der Waals surface area contributed by atoms with Crippen LogP contribution in [0.5, 0.6) is 0 Å². The van der Waals surface area contributed by atoms with E-state index in [1.54, 1.807) is 30.3 Å². The first-order valence-corrected chi connectivity index (χ1v) is 8.96. The molecule has 0 saturated carbocycles. The highest BCUT2D eigenvalue weighted by Gasteiger charge is 2.13. The van der Waals surface area contributed by atoms with Gasteiger partial charge in [-0.3, -0.25) is 19.7 Å². The van der Waals surface area contributed by atoms with Crippen molar-refractivity contribution in [1.29, 1.82) is 0 Å². The zero-order chi connectivity index (χ0) is 21.7. The predicted octanol–water partition coefficient (Wildman–Crippen LogP) is 4.23. The highest BCUT2D eigenvalue weighted by atomic mass is 35.5. The summed E-state index contributed by atoms with van der Waals surface area (Å²) in [7, 11) is 0. The Hall–Kier alpha value is -3.98. The van der Waals surface area contributed by atoms with Gasteiger partial charge in [0, 0.05) is 35.9 Å². The number of carbonyl (C=O) groups excluding carboxylic acids is 2. The molecule has 0 saturated heterocycles. The van der Waals surface area contributed by atoms with Crippen molar-refractivity contribution in [3.05, 3.63) is 81.1 Å². The first-order chi connectivity index (χ1) is 14.3. The number of hydrazone groups is 1. The Labute approximate surface area is 175 Å². The first-order valence-electron chi connectivity index (χ1n) is 8.58. The average molecular weight is 427 g/mol. The molecule has 2 N–H and O–H groups in total. The van der Waals surface area contributed by atoms with E-state index >= 15 is 0 Å². The van der Waals surface area contributed by atoms with E-state index < -0.39 is 10.8 Å². The number of rotatable bonds is 6. The molecule has 2 amide bonds. The van der Waals surface area contributed by atoms with Crippen molar-refractivity contribution in [2.45, 2.75) is 6.92 Å². The van der Waals surface area contributed by atoms with Crippen LogP contribution >= 0.6 is 11.6 Å². The molecule has 3 rings (SSSR count).